The second kappa shape index (κ2) is 2.85. The molecule has 0 atom stereocenters. The van der Waals surface area contributed by atoms with Crippen LogP contribution in [0.4, 0.5) is 22.0 Å². The van der Waals surface area contributed by atoms with Crippen LogP contribution in [-0.4, -0.2) is 13.3 Å². The van der Waals surface area contributed by atoms with Crippen molar-refractivity contribution in [2.45, 2.75) is 6.18 Å². The zero-order chi connectivity index (χ0) is 8.36. The van der Waals surface area contributed by atoms with Gasteiger partial charge in [-0.05, 0) is 0 Å². The highest BCUT2D eigenvalue weighted by molar-refractivity contribution is 5.00. The molecule has 0 rings (SSSR count). The molecule has 0 aromatic carbocycles. The van der Waals surface area contributed by atoms with Crippen LogP contribution in [0.3, 0.4) is 0 Å². The van der Waals surface area contributed by atoms with E-state index in [-0.39, 0.29) is 0 Å². The fourth-order valence-corrected chi connectivity index (χ4v) is 0.300. The maximum atomic E-state index is 11.3. The lowest BCUT2D eigenvalue weighted by atomic mass is 10.5. The van der Waals surface area contributed by atoms with E-state index in [0.29, 0.717) is 7.11 Å². The summed E-state index contributed by atoms with van der Waals surface area (Å²) in [6.45, 7) is 0. The number of rotatable bonds is 1. The normalized spacial score (nSPS) is 11.0. The minimum absolute atomic E-state index is 0.530. The van der Waals surface area contributed by atoms with E-state index in [1.165, 1.54) is 0 Å². The number of ether oxygens (including phenoxy) is 1. The van der Waals surface area contributed by atoms with Gasteiger partial charge in [0.05, 0.1) is 7.11 Å². The van der Waals surface area contributed by atoms with Crippen molar-refractivity contribution in [3.63, 3.8) is 0 Å². The third kappa shape index (κ3) is 2.20. The lowest BCUT2D eigenvalue weighted by molar-refractivity contribution is -0.131. The van der Waals surface area contributed by atoms with Crippen molar-refractivity contribution in [3.8, 4) is 0 Å². The van der Waals surface area contributed by atoms with Gasteiger partial charge in [0.1, 0.15) is 0 Å². The van der Waals surface area contributed by atoms with E-state index >= 15 is 0 Å². The first-order chi connectivity index (χ1) is 4.39. The summed E-state index contributed by atoms with van der Waals surface area (Å²) < 4.78 is 59.8. The number of hydrogen-bond donors (Lipinski definition) is 0. The van der Waals surface area contributed by atoms with Gasteiger partial charge in [0.25, 0.3) is 5.76 Å². The van der Waals surface area contributed by atoms with Crippen molar-refractivity contribution in [2.24, 2.45) is 0 Å². The van der Waals surface area contributed by atoms with Gasteiger partial charge in [0.15, 0.2) is 0 Å². The zero-order valence-electron chi connectivity index (χ0n) is 4.80. The molecule has 0 saturated carbocycles. The molecule has 0 N–H and O–H groups in total. The molecule has 0 saturated heterocycles. The molecule has 10 heavy (non-hydrogen) atoms. The van der Waals surface area contributed by atoms with Crippen LogP contribution in [0.15, 0.2) is 11.8 Å². The van der Waals surface area contributed by atoms with Crippen molar-refractivity contribution in [3.05, 3.63) is 11.8 Å². The first kappa shape index (κ1) is 9.19. The van der Waals surface area contributed by atoms with Crippen LogP contribution in [0.2, 0.25) is 0 Å². The first-order valence-electron chi connectivity index (χ1n) is 2.06. The predicted molar refractivity (Wildman–Crippen MR) is 22.3 cm³/mol. The average molecular weight is 162 g/mol. The summed E-state index contributed by atoms with van der Waals surface area (Å²) in [6.07, 6.45) is -7.97. The molecule has 0 fully saturated rings. The van der Waals surface area contributed by atoms with Gasteiger partial charge in [0.2, 0.25) is 0 Å². The molecule has 0 unspecified atom stereocenters. The van der Waals surface area contributed by atoms with Crippen LogP contribution >= 0.6 is 0 Å². The van der Waals surface area contributed by atoms with E-state index in [9.17, 15) is 22.0 Å². The summed E-state index contributed by atoms with van der Waals surface area (Å²) in [4.78, 5) is 0. The molecular weight excluding hydrogens is 159 g/mol. The lowest BCUT2D eigenvalue weighted by Crippen LogP contribution is -2.14. The second-order valence-corrected chi connectivity index (χ2v) is 1.29. The summed E-state index contributed by atoms with van der Waals surface area (Å²) in [6, 6.07) is 0. The van der Waals surface area contributed by atoms with Gasteiger partial charge in [0, 0.05) is 0 Å². The molecule has 6 heteroatoms. The lowest BCUT2D eigenvalue weighted by Gasteiger charge is -2.07. The third-order valence-electron chi connectivity index (χ3n) is 0.633. The number of halogens is 5. The van der Waals surface area contributed by atoms with Crippen molar-refractivity contribution < 1.29 is 26.7 Å². The molecule has 0 spiro atoms. The Bertz CT molecular complexity index is 142. The summed E-state index contributed by atoms with van der Waals surface area (Å²) in [5.74, 6) is -2.24. The maximum absolute atomic E-state index is 11.3. The van der Waals surface area contributed by atoms with E-state index in [2.05, 4.69) is 4.74 Å². The highest BCUT2D eigenvalue weighted by atomic mass is 19.4. The highest BCUT2D eigenvalue weighted by Gasteiger charge is 2.39. The quantitative estimate of drug-likeness (QED) is 0.424. The zero-order valence-corrected chi connectivity index (χ0v) is 4.80. The van der Waals surface area contributed by atoms with E-state index in [0.717, 1.165) is 0 Å². The number of methoxy groups -OCH3 is 1. The average Bonchev–Trinajstić information content (AvgIpc) is 1.60. The van der Waals surface area contributed by atoms with Crippen molar-refractivity contribution >= 4 is 0 Å². The molecule has 0 bridgehead atoms. The smallest absolute Gasteiger partial charge is 0.454 e. The molecule has 0 radical (unpaired) electrons. The van der Waals surface area contributed by atoms with E-state index < -0.39 is 18.0 Å². The Morgan fingerprint density at radius 3 is 1.60 bits per heavy atom. The molecule has 60 valence electrons. The number of hydrogen-bond acceptors (Lipinski definition) is 1. The van der Waals surface area contributed by atoms with Gasteiger partial charge in [-0.25, -0.2) is 0 Å². The summed E-state index contributed by atoms with van der Waals surface area (Å²) in [5, 5.41) is 0. The first-order valence-corrected chi connectivity index (χ1v) is 2.06. The Balaban J connectivity index is 4.55. The van der Waals surface area contributed by atoms with Gasteiger partial charge in [-0.3, -0.25) is 0 Å². The van der Waals surface area contributed by atoms with Crippen LogP contribution in [0, 0.1) is 0 Å². The fourth-order valence-electron chi connectivity index (χ4n) is 0.300. The second-order valence-electron chi connectivity index (χ2n) is 1.29. The summed E-state index contributed by atoms with van der Waals surface area (Å²) in [7, 11) is 0.530. The molecule has 0 aliphatic carbocycles. The SMILES string of the molecule is COC(=C(F)F)C(F)(F)F. The van der Waals surface area contributed by atoms with Crippen LogP contribution in [0.5, 0.6) is 0 Å². The molecule has 0 aliphatic rings. The molecule has 0 aromatic rings. The molecule has 0 aliphatic heterocycles. The van der Waals surface area contributed by atoms with Crippen molar-refractivity contribution in [2.75, 3.05) is 7.11 Å². The Labute approximate surface area is 53.1 Å². The van der Waals surface area contributed by atoms with Crippen molar-refractivity contribution in [1.29, 1.82) is 0 Å². The largest absolute Gasteiger partial charge is 0.489 e. The topological polar surface area (TPSA) is 9.23 Å². The predicted octanol–water partition coefficient (Wildman–Crippen LogP) is 2.30. The van der Waals surface area contributed by atoms with Gasteiger partial charge in [-0.1, -0.05) is 0 Å². The van der Waals surface area contributed by atoms with Crippen LogP contribution in [0.25, 0.3) is 0 Å². The fraction of sp³-hybridized carbons (Fsp3) is 0.500. The number of alkyl halides is 3. The monoisotopic (exact) mass is 162 g/mol. The molecule has 0 amide bonds. The van der Waals surface area contributed by atoms with E-state index in [1.807, 2.05) is 0 Å². The Morgan fingerprint density at radius 1 is 1.20 bits per heavy atom. The van der Waals surface area contributed by atoms with E-state index in [1.54, 1.807) is 0 Å². The minimum atomic E-state index is -5.10. The van der Waals surface area contributed by atoms with Crippen LogP contribution in [-0.2, 0) is 4.74 Å². The minimum Gasteiger partial charge on any atom is -0.489 e. The van der Waals surface area contributed by atoms with Crippen molar-refractivity contribution in [1.82, 2.24) is 0 Å². The molecule has 0 aromatic heterocycles. The standard InChI is InChI=1S/C4H3F5O/c1-10-2(3(5)6)4(7,8)9/h1H3. The summed E-state index contributed by atoms with van der Waals surface area (Å²) >= 11 is 0. The van der Waals surface area contributed by atoms with Crippen LogP contribution in [0.1, 0.15) is 0 Å². The Morgan fingerprint density at radius 2 is 1.60 bits per heavy atom. The van der Waals surface area contributed by atoms with Gasteiger partial charge in [-0.2, -0.15) is 22.0 Å². The van der Waals surface area contributed by atoms with Crippen LogP contribution < -0.4 is 0 Å². The third-order valence-corrected chi connectivity index (χ3v) is 0.633. The van der Waals surface area contributed by atoms with Gasteiger partial charge >= 0.3 is 12.3 Å². The molecule has 1 nitrogen and oxygen atoms in total. The highest BCUT2D eigenvalue weighted by Crippen LogP contribution is 2.29. The molecular formula is C4H3F5O. The Kier molecular flexibility index (Phi) is 2.62. The summed E-state index contributed by atoms with van der Waals surface area (Å²) in [5.41, 5.74) is 0. The van der Waals surface area contributed by atoms with E-state index in [4.69, 9.17) is 0 Å². The van der Waals surface area contributed by atoms with Gasteiger partial charge in [-0.15, -0.1) is 0 Å². The molecule has 0 heterocycles. The van der Waals surface area contributed by atoms with Gasteiger partial charge < -0.3 is 4.74 Å². The Hall–Kier alpha value is -0.810. The maximum Gasteiger partial charge on any atom is 0.454 e. The number of allylic oxidation sites excluding steroid dienone is 1.